The van der Waals surface area contributed by atoms with Gasteiger partial charge in [0.1, 0.15) is 5.60 Å². The molecule has 1 amide bonds. The van der Waals surface area contributed by atoms with Gasteiger partial charge in [-0.3, -0.25) is 0 Å². The summed E-state index contributed by atoms with van der Waals surface area (Å²) in [6.07, 6.45) is 1.71. The predicted octanol–water partition coefficient (Wildman–Crippen LogP) is 4.85. The van der Waals surface area contributed by atoms with Gasteiger partial charge in [0.25, 0.3) is 0 Å². The molecule has 22 heavy (non-hydrogen) atoms. The van der Waals surface area contributed by atoms with Crippen LogP contribution in [0.4, 0.5) is 4.79 Å². The van der Waals surface area contributed by atoms with E-state index in [0.29, 0.717) is 6.54 Å². The Kier molecular flexibility index (Phi) is 7.86. The molecule has 4 nitrogen and oxygen atoms in total. The Bertz CT molecular complexity index is 471. The van der Waals surface area contributed by atoms with Gasteiger partial charge in [-0.05, 0) is 56.1 Å². The van der Waals surface area contributed by atoms with Crippen molar-refractivity contribution in [2.75, 3.05) is 6.54 Å². The van der Waals surface area contributed by atoms with Gasteiger partial charge in [0.05, 0.1) is 0 Å². The van der Waals surface area contributed by atoms with Gasteiger partial charge in [-0.25, -0.2) is 4.79 Å². The van der Waals surface area contributed by atoms with E-state index in [0.717, 1.165) is 17.3 Å². The second-order valence-electron chi connectivity index (χ2n) is 6.42. The number of carbonyl (C=O) groups excluding carboxylic acids is 1. The summed E-state index contributed by atoms with van der Waals surface area (Å²) in [6.45, 7) is 10.5. The molecule has 1 aromatic rings. The molecule has 0 aliphatic rings. The SMILES string of the molecule is CCCC(CNC(=O)OC(C)(C)C)NC(C)c1cc(Br)cs1. The number of nitrogens with one attached hydrogen (secondary N) is 2. The van der Waals surface area contributed by atoms with Crippen LogP contribution in [0.1, 0.15) is 58.4 Å². The second kappa shape index (κ2) is 8.89. The van der Waals surface area contributed by atoms with Gasteiger partial charge in [-0.1, -0.05) is 13.3 Å². The molecule has 2 atom stereocenters. The normalized spacial score (nSPS) is 14.5. The van der Waals surface area contributed by atoms with Crippen LogP contribution in [0.5, 0.6) is 0 Å². The number of ether oxygens (including phenoxy) is 1. The van der Waals surface area contributed by atoms with E-state index in [1.165, 1.54) is 4.88 Å². The van der Waals surface area contributed by atoms with E-state index < -0.39 is 5.60 Å². The van der Waals surface area contributed by atoms with Crippen LogP contribution in [0.15, 0.2) is 15.9 Å². The number of hydrogen-bond acceptors (Lipinski definition) is 4. The second-order valence-corrected chi connectivity index (χ2v) is 8.28. The molecule has 0 spiro atoms. The van der Waals surface area contributed by atoms with Crippen molar-refractivity contribution in [1.82, 2.24) is 10.6 Å². The number of thiophene rings is 1. The summed E-state index contributed by atoms with van der Waals surface area (Å²) in [5, 5.41) is 8.53. The number of alkyl carbamates (subject to hydrolysis) is 1. The third kappa shape index (κ3) is 7.61. The Labute approximate surface area is 146 Å². The average Bonchev–Trinajstić information content (AvgIpc) is 2.81. The Morgan fingerprint density at radius 3 is 2.64 bits per heavy atom. The van der Waals surface area contributed by atoms with Crippen molar-refractivity contribution >= 4 is 33.4 Å². The van der Waals surface area contributed by atoms with E-state index in [4.69, 9.17) is 4.74 Å². The minimum atomic E-state index is -0.464. The van der Waals surface area contributed by atoms with Crippen molar-refractivity contribution in [3.05, 3.63) is 20.8 Å². The van der Waals surface area contributed by atoms with Crippen LogP contribution in [0.2, 0.25) is 0 Å². The fourth-order valence-corrected chi connectivity index (χ4v) is 3.57. The zero-order valence-corrected chi connectivity index (χ0v) is 16.4. The van der Waals surface area contributed by atoms with Crippen LogP contribution in [0.25, 0.3) is 0 Å². The highest BCUT2D eigenvalue weighted by molar-refractivity contribution is 9.10. The number of carbonyl (C=O) groups is 1. The van der Waals surface area contributed by atoms with Crippen LogP contribution in [-0.2, 0) is 4.74 Å². The topological polar surface area (TPSA) is 50.4 Å². The first-order chi connectivity index (χ1) is 10.2. The van der Waals surface area contributed by atoms with E-state index in [9.17, 15) is 4.79 Å². The minimum absolute atomic E-state index is 0.230. The van der Waals surface area contributed by atoms with Crippen molar-refractivity contribution in [3.8, 4) is 0 Å². The number of halogens is 1. The summed E-state index contributed by atoms with van der Waals surface area (Å²) in [5.74, 6) is 0. The highest BCUT2D eigenvalue weighted by Gasteiger charge is 2.18. The number of amides is 1. The van der Waals surface area contributed by atoms with E-state index in [-0.39, 0.29) is 18.2 Å². The zero-order chi connectivity index (χ0) is 16.8. The third-order valence-electron chi connectivity index (χ3n) is 3.03. The van der Waals surface area contributed by atoms with E-state index >= 15 is 0 Å². The van der Waals surface area contributed by atoms with E-state index in [1.54, 1.807) is 11.3 Å². The Morgan fingerprint density at radius 2 is 2.14 bits per heavy atom. The maximum absolute atomic E-state index is 11.8. The summed E-state index contributed by atoms with van der Waals surface area (Å²) in [4.78, 5) is 13.0. The number of hydrogen-bond donors (Lipinski definition) is 2. The molecule has 126 valence electrons. The lowest BCUT2D eigenvalue weighted by molar-refractivity contribution is 0.0521. The van der Waals surface area contributed by atoms with Gasteiger partial charge < -0.3 is 15.4 Å². The standard InChI is InChI=1S/C16H27BrN2O2S/c1-6-7-13(9-18-15(20)21-16(3,4)5)19-11(2)14-8-12(17)10-22-14/h8,10-11,13,19H,6-7,9H2,1-5H3,(H,18,20). The molecule has 2 unspecified atom stereocenters. The molecule has 1 rings (SSSR count). The first-order valence-corrected chi connectivity index (χ1v) is 9.35. The first kappa shape index (κ1) is 19.5. The van der Waals surface area contributed by atoms with E-state index in [1.807, 2.05) is 20.8 Å². The first-order valence-electron chi connectivity index (χ1n) is 7.68. The maximum Gasteiger partial charge on any atom is 0.407 e. The van der Waals surface area contributed by atoms with Crippen LogP contribution in [-0.4, -0.2) is 24.3 Å². The summed E-state index contributed by atoms with van der Waals surface area (Å²) in [6, 6.07) is 2.62. The molecule has 0 aromatic carbocycles. The smallest absolute Gasteiger partial charge is 0.407 e. The molecule has 0 aliphatic heterocycles. The van der Waals surface area contributed by atoms with Crippen molar-refractivity contribution in [2.24, 2.45) is 0 Å². The zero-order valence-electron chi connectivity index (χ0n) is 14.0. The molecule has 6 heteroatoms. The van der Waals surface area contributed by atoms with Gasteiger partial charge in [0, 0.05) is 33.4 Å². The molecule has 0 saturated heterocycles. The molecule has 0 radical (unpaired) electrons. The Morgan fingerprint density at radius 1 is 1.45 bits per heavy atom. The maximum atomic E-state index is 11.8. The lowest BCUT2D eigenvalue weighted by Gasteiger charge is -2.24. The molecule has 0 saturated carbocycles. The summed E-state index contributed by atoms with van der Waals surface area (Å²) in [5.41, 5.74) is -0.464. The molecule has 0 fully saturated rings. The monoisotopic (exact) mass is 390 g/mol. The fraction of sp³-hybridized carbons (Fsp3) is 0.688. The van der Waals surface area contributed by atoms with Gasteiger partial charge in [-0.2, -0.15) is 0 Å². The van der Waals surface area contributed by atoms with Crippen LogP contribution >= 0.6 is 27.3 Å². The predicted molar refractivity (Wildman–Crippen MR) is 96.5 cm³/mol. The Balaban J connectivity index is 2.49. The quantitative estimate of drug-likeness (QED) is 0.698. The summed E-state index contributed by atoms with van der Waals surface area (Å²) in [7, 11) is 0. The van der Waals surface area contributed by atoms with Gasteiger partial charge in [0.15, 0.2) is 0 Å². The highest BCUT2D eigenvalue weighted by Crippen LogP contribution is 2.25. The molecule has 1 heterocycles. The lowest BCUT2D eigenvalue weighted by atomic mass is 10.1. The van der Waals surface area contributed by atoms with Gasteiger partial charge in [0.2, 0.25) is 0 Å². The van der Waals surface area contributed by atoms with Crippen LogP contribution < -0.4 is 10.6 Å². The lowest BCUT2D eigenvalue weighted by Crippen LogP contribution is -2.43. The van der Waals surface area contributed by atoms with E-state index in [2.05, 4.69) is 51.9 Å². The fourth-order valence-electron chi connectivity index (χ4n) is 2.10. The molecule has 1 aromatic heterocycles. The van der Waals surface area contributed by atoms with Crippen molar-refractivity contribution < 1.29 is 9.53 Å². The van der Waals surface area contributed by atoms with Gasteiger partial charge in [-0.15, -0.1) is 11.3 Å². The van der Waals surface area contributed by atoms with Gasteiger partial charge >= 0.3 is 6.09 Å². The van der Waals surface area contributed by atoms with Crippen molar-refractivity contribution in [1.29, 1.82) is 0 Å². The molecular formula is C16H27BrN2O2S. The van der Waals surface area contributed by atoms with Crippen molar-refractivity contribution in [3.63, 3.8) is 0 Å². The Hall–Kier alpha value is -0.590. The molecule has 0 aliphatic carbocycles. The third-order valence-corrected chi connectivity index (χ3v) is 4.91. The summed E-state index contributed by atoms with van der Waals surface area (Å²) >= 11 is 5.21. The molecule has 0 bridgehead atoms. The highest BCUT2D eigenvalue weighted by atomic mass is 79.9. The van der Waals surface area contributed by atoms with Crippen LogP contribution in [0, 0.1) is 0 Å². The summed E-state index contributed by atoms with van der Waals surface area (Å²) < 4.78 is 6.39. The van der Waals surface area contributed by atoms with Crippen LogP contribution in [0.3, 0.4) is 0 Å². The number of rotatable bonds is 7. The molecular weight excluding hydrogens is 364 g/mol. The average molecular weight is 391 g/mol. The minimum Gasteiger partial charge on any atom is -0.444 e. The molecule has 2 N–H and O–H groups in total. The van der Waals surface area contributed by atoms with Crippen molar-refractivity contribution in [2.45, 2.75) is 65.1 Å². The largest absolute Gasteiger partial charge is 0.444 e.